The van der Waals surface area contributed by atoms with Crippen molar-refractivity contribution in [3.8, 4) is 22.5 Å². The summed E-state index contributed by atoms with van der Waals surface area (Å²) >= 11 is 1.07. The van der Waals surface area contributed by atoms with Crippen molar-refractivity contribution >= 4 is 29.3 Å². The van der Waals surface area contributed by atoms with Crippen LogP contribution in [-0.2, 0) is 4.79 Å². The minimum atomic E-state index is -0.602. The molecule has 4 aromatic rings. The lowest BCUT2D eigenvalue weighted by Crippen LogP contribution is -2.42. The number of nitro benzene ring substituents is 1. The SMILES string of the molecule is O=C(CSc1nnc(-c2ccccc2)c(-c2ccccc2)n1)NNC(=O)c1ccc([N+](=O)[O-])cc1. The van der Waals surface area contributed by atoms with E-state index in [9.17, 15) is 19.7 Å². The fourth-order valence-corrected chi connectivity index (χ4v) is 3.65. The Balaban J connectivity index is 1.40. The predicted octanol–water partition coefficient (Wildman–Crippen LogP) is 3.67. The summed E-state index contributed by atoms with van der Waals surface area (Å²) in [5.41, 5.74) is 7.61. The van der Waals surface area contributed by atoms with Crippen molar-refractivity contribution in [1.82, 2.24) is 26.0 Å². The van der Waals surface area contributed by atoms with Crippen LogP contribution in [0.25, 0.3) is 22.5 Å². The van der Waals surface area contributed by atoms with E-state index in [4.69, 9.17) is 0 Å². The molecule has 0 unspecified atom stereocenters. The molecule has 10 nitrogen and oxygen atoms in total. The number of benzene rings is 3. The van der Waals surface area contributed by atoms with E-state index in [0.29, 0.717) is 16.5 Å². The summed E-state index contributed by atoms with van der Waals surface area (Å²) in [4.78, 5) is 39.1. The average Bonchev–Trinajstić information content (AvgIpc) is 2.91. The number of carbonyl (C=O) groups is 2. The van der Waals surface area contributed by atoms with Gasteiger partial charge in [-0.2, -0.15) is 0 Å². The highest BCUT2D eigenvalue weighted by Gasteiger charge is 2.15. The second-order valence-corrected chi connectivity index (χ2v) is 8.06. The monoisotopic (exact) mass is 486 g/mol. The first-order valence-electron chi connectivity index (χ1n) is 10.3. The molecule has 35 heavy (non-hydrogen) atoms. The van der Waals surface area contributed by atoms with Crippen LogP contribution >= 0.6 is 11.8 Å². The number of hydrazine groups is 1. The molecule has 4 rings (SSSR count). The molecule has 0 saturated heterocycles. The summed E-state index contributed by atoms with van der Waals surface area (Å²) in [5, 5.41) is 19.5. The molecule has 0 aliphatic heterocycles. The summed E-state index contributed by atoms with van der Waals surface area (Å²) in [5.74, 6) is -1.15. The predicted molar refractivity (Wildman–Crippen MR) is 130 cm³/mol. The Morgan fingerprint density at radius 2 is 1.40 bits per heavy atom. The number of non-ortho nitro benzene ring substituents is 1. The normalized spacial score (nSPS) is 10.4. The molecule has 174 valence electrons. The van der Waals surface area contributed by atoms with Gasteiger partial charge in [0, 0.05) is 28.8 Å². The molecule has 2 amide bonds. The van der Waals surface area contributed by atoms with Gasteiger partial charge >= 0.3 is 0 Å². The number of hydrogen-bond donors (Lipinski definition) is 2. The highest BCUT2D eigenvalue weighted by Crippen LogP contribution is 2.29. The third-order valence-corrected chi connectivity index (χ3v) is 5.59. The van der Waals surface area contributed by atoms with Crippen LogP contribution in [0.2, 0.25) is 0 Å². The van der Waals surface area contributed by atoms with Crippen molar-refractivity contribution in [3.63, 3.8) is 0 Å². The second kappa shape index (κ2) is 11.0. The topological polar surface area (TPSA) is 140 Å². The van der Waals surface area contributed by atoms with Gasteiger partial charge in [0.2, 0.25) is 11.1 Å². The van der Waals surface area contributed by atoms with E-state index in [-0.39, 0.29) is 17.0 Å². The molecule has 1 heterocycles. The van der Waals surface area contributed by atoms with Crippen molar-refractivity contribution in [2.75, 3.05) is 5.75 Å². The largest absolute Gasteiger partial charge is 0.272 e. The molecule has 11 heteroatoms. The standard InChI is InChI=1S/C24H18N6O4S/c31-20(26-28-23(32)18-11-13-19(14-12-18)30(33)34)15-35-24-25-21(16-7-3-1-4-8-16)22(27-29-24)17-9-5-2-6-10-17/h1-14H,15H2,(H,26,31)(H,28,32). The van der Waals surface area contributed by atoms with E-state index >= 15 is 0 Å². The van der Waals surface area contributed by atoms with E-state index in [2.05, 4.69) is 26.0 Å². The molecule has 0 atom stereocenters. The van der Waals surface area contributed by atoms with E-state index in [1.807, 2.05) is 60.7 Å². The van der Waals surface area contributed by atoms with Gasteiger partial charge < -0.3 is 0 Å². The maximum Gasteiger partial charge on any atom is 0.269 e. The molecule has 0 spiro atoms. The van der Waals surface area contributed by atoms with Crippen molar-refractivity contribution in [2.45, 2.75) is 5.16 Å². The number of nitrogens with one attached hydrogen (secondary N) is 2. The first-order chi connectivity index (χ1) is 17.0. The zero-order chi connectivity index (χ0) is 24.6. The number of amides is 2. The fraction of sp³-hybridized carbons (Fsp3) is 0.0417. The van der Waals surface area contributed by atoms with Gasteiger partial charge in [0.1, 0.15) is 11.4 Å². The van der Waals surface area contributed by atoms with Crippen LogP contribution < -0.4 is 10.9 Å². The first-order valence-corrected chi connectivity index (χ1v) is 11.3. The van der Waals surface area contributed by atoms with Crippen LogP contribution in [0, 0.1) is 10.1 Å². The van der Waals surface area contributed by atoms with Gasteiger partial charge in [0.05, 0.1) is 10.7 Å². The maximum atomic E-state index is 12.2. The molecule has 0 saturated carbocycles. The summed E-state index contributed by atoms with van der Waals surface area (Å²) in [7, 11) is 0. The summed E-state index contributed by atoms with van der Waals surface area (Å²) in [6.45, 7) is 0. The Bertz CT molecular complexity index is 1350. The van der Waals surface area contributed by atoms with E-state index < -0.39 is 16.7 Å². The zero-order valence-corrected chi connectivity index (χ0v) is 18.9. The third-order valence-electron chi connectivity index (χ3n) is 4.75. The highest BCUT2D eigenvalue weighted by atomic mass is 32.2. The van der Waals surface area contributed by atoms with E-state index in [1.54, 1.807) is 0 Å². The van der Waals surface area contributed by atoms with Crippen LogP contribution in [0.3, 0.4) is 0 Å². The molecular formula is C24H18N6O4S. The number of nitro groups is 1. The van der Waals surface area contributed by atoms with E-state index in [1.165, 1.54) is 24.3 Å². The number of nitrogens with zero attached hydrogens (tertiary/aromatic N) is 4. The lowest BCUT2D eigenvalue weighted by molar-refractivity contribution is -0.384. The maximum absolute atomic E-state index is 12.2. The number of rotatable bonds is 7. The lowest BCUT2D eigenvalue weighted by Gasteiger charge is -2.10. The summed E-state index contributed by atoms with van der Waals surface area (Å²) in [6.07, 6.45) is 0. The zero-order valence-electron chi connectivity index (χ0n) is 18.1. The minimum Gasteiger partial charge on any atom is -0.272 e. The van der Waals surface area contributed by atoms with Crippen molar-refractivity contribution in [2.24, 2.45) is 0 Å². The van der Waals surface area contributed by atoms with Gasteiger partial charge in [-0.25, -0.2) is 4.98 Å². The molecule has 0 radical (unpaired) electrons. The molecule has 1 aromatic heterocycles. The van der Waals surface area contributed by atoms with Gasteiger partial charge in [-0.1, -0.05) is 72.4 Å². The molecule has 2 N–H and O–H groups in total. The second-order valence-electron chi connectivity index (χ2n) is 7.12. The summed E-state index contributed by atoms with van der Waals surface area (Å²) < 4.78 is 0. The average molecular weight is 487 g/mol. The van der Waals surface area contributed by atoms with Crippen LogP contribution in [0.15, 0.2) is 90.1 Å². The van der Waals surface area contributed by atoms with Gasteiger partial charge in [-0.3, -0.25) is 30.6 Å². The number of thioether (sulfide) groups is 1. The van der Waals surface area contributed by atoms with E-state index in [0.717, 1.165) is 22.9 Å². The van der Waals surface area contributed by atoms with Gasteiger partial charge in [-0.15, -0.1) is 10.2 Å². The Morgan fingerprint density at radius 3 is 2.00 bits per heavy atom. The van der Waals surface area contributed by atoms with Crippen molar-refractivity contribution in [1.29, 1.82) is 0 Å². The molecule has 0 fully saturated rings. The third kappa shape index (κ3) is 6.03. The van der Waals surface area contributed by atoms with Crippen LogP contribution in [0.1, 0.15) is 10.4 Å². The van der Waals surface area contributed by atoms with Crippen molar-refractivity contribution < 1.29 is 14.5 Å². The number of aromatic nitrogens is 3. The highest BCUT2D eigenvalue weighted by molar-refractivity contribution is 7.99. The van der Waals surface area contributed by atoms with Crippen LogP contribution in [0.4, 0.5) is 5.69 Å². The Labute approximate surface area is 203 Å². The van der Waals surface area contributed by atoms with Crippen molar-refractivity contribution in [3.05, 3.63) is 101 Å². The molecule has 0 aliphatic carbocycles. The lowest BCUT2D eigenvalue weighted by atomic mass is 10.0. The Kier molecular flexibility index (Phi) is 7.38. The Morgan fingerprint density at radius 1 is 0.800 bits per heavy atom. The smallest absolute Gasteiger partial charge is 0.269 e. The van der Waals surface area contributed by atoms with Gasteiger partial charge in [0.15, 0.2) is 0 Å². The quantitative estimate of drug-likeness (QED) is 0.229. The minimum absolute atomic E-state index is 0.0683. The van der Waals surface area contributed by atoms with Gasteiger partial charge in [0.25, 0.3) is 11.6 Å². The van der Waals surface area contributed by atoms with Crippen LogP contribution in [0.5, 0.6) is 0 Å². The first kappa shape index (κ1) is 23.5. The number of carbonyl (C=O) groups excluding carboxylic acids is 2. The fourth-order valence-electron chi connectivity index (χ4n) is 3.06. The Hall–Kier alpha value is -4.64. The number of hydrogen-bond acceptors (Lipinski definition) is 8. The summed E-state index contributed by atoms with van der Waals surface area (Å²) in [6, 6.07) is 24.1. The molecule has 0 bridgehead atoms. The molecule has 3 aromatic carbocycles. The van der Waals surface area contributed by atoms with Gasteiger partial charge in [-0.05, 0) is 12.1 Å². The molecular weight excluding hydrogens is 468 g/mol. The van der Waals surface area contributed by atoms with Crippen LogP contribution in [-0.4, -0.2) is 37.7 Å². The molecule has 0 aliphatic rings.